The van der Waals surface area contributed by atoms with Crippen molar-refractivity contribution >= 4 is 15.9 Å². The van der Waals surface area contributed by atoms with E-state index in [1.807, 2.05) is 0 Å². The molecular formula is C13H11BrF2N2O3. The summed E-state index contributed by atoms with van der Waals surface area (Å²) in [5, 5.41) is 10.3. The van der Waals surface area contributed by atoms with Crippen LogP contribution in [0.25, 0.3) is 0 Å². The lowest BCUT2D eigenvalue weighted by Crippen LogP contribution is -2.09. The molecule has 1 atom stereocenters. The second-order valence-electron chi connectivity index (χ2n) is 3.97. The molecule has 1 aromatic carbocycles. The van der Waals surface area contributed by atoms with Crippen molar-refractivity contribution in [3.8, 4) is 11.8 Å². The van der Waals surface area contributed by atoms with E-state index in [1.54, 1.807) is 0 Å². The summed E-state index contributed by atoms with van der Waals surface area (Å²) in [4.78, 5) is 7.97. The Morgan fingerprint density at radius 2 is 1.95 bits per heavy atom. The second kappa shape index (κ2) is 6.31. The summed E-state index contributed by atoms with van der Waals surface area (Å²) in [7, 11) is 2.76. The number of aliphatic hydroxyl groups is 1. The average Bonchev–Trinajstić information content (AvgIpc) is 2.51. The molecule has 0 fully saturated rings. The van der Waals surface area contributed by atoms with E-state index in [0.717, 1.165) is 6.07 Å². The first-order chi connectivity index (χ1) is 9.99. The molecule has 0 bridgehead atoms. The molecule has 21 heavy (non-hydrogen) atoms. The third-order valence-corrected chi connectivity index (χ3v) is 3.57. The number of aliphatic hydroxyl groups excluding tert-OH is 1. The number of nitrogens with zero attached hydrogens (tertiary/aromatic N) is 2. The summed E-state index contributed by atoms with van der Waals surface area (Å²) in [6, 6.07) is 2.17. The van der Waals surface area contributed by atoms with Crippen LogP contribution in [-0.2, 0) is 0 Å². The van der Waals surface area contributed by atoms with Gasteiger partial charge < -0.3 is 14.6 Å². The first-order valence-electron chi connectivity index (χ1n) is 5.76. The molecule has 8 heteroatoms. The van der Waals surface area contributed by atoms with Gasteiger partial charge in [0.25, 0.3) is 0 Å². The standard InChI is InChI=1S/C13H11BrF2N2O3/c1-20-8-5-17-11(13(18-8)21-2)12(19)6-3-4-7(15)10(16)9(6)14/h3-5,12,19H,1-2H3. The van der Waals surface area contributed by atoms with Crippen LogP contribution in [0.15, 0.2) is 22.8 Å². The van der Waals surface area contributed by atoms with Gasteiger partial charge in [-0.05, 0) is 22.0 Å². The van der Waals surface area contributed by atoms with Gasteiger partial charge in [-0.25, -0.2) is 13.8 Å². The Kier molecular flexibility index (Phi) is 4.69. The van der Waals surface area contributed by atoms with Crippen LogP contribution < -0.4 is 9.47 Å². The van der Waals surface area contributed by atoms with Gasteiger partial charge in [0.2, 0.25) is 11.8 Å². The number of halogens is 3. The number of methoxy groups -OCH3 is 2. The predicted octanol–water partition coefficient (Wildman–Crippen LogP) is 2.62. The van der Waals surface area contributed by atoms with E-state index in [-0.39, 0.29) is 27.5 Å². The van der Waals surface area contributed by atoms with Gasteiger partial charge in [-0.3, -0.25) is 0 Å². The molecule has 0 amide bonds. The molecular weight excluding hydrogens is 350 g/mol. The van der Waals surface area contributed by atoms with E-state index in [4.69, 9.17) is 9.47 Å². The van der Waals surface area contributed by atoms with Gasteiger partial charge in [-0.1, -0.05) is 6.07 Å². The lowest BCUT2D eigenvalue weighted by atomic mass is 10.1. The van der Waals surface area contributed by atoms with Gasteiger partial charge in [-0.2, -0.15) is 4.98 Å². The van der Waals surface area contributed by atoms with Crippen molar-refractivity contribution < 1.29 is 23.4 Å². The summed E-state index contributed by atoms with van der Waals surface area (Å²) in [6.07, 6.45) is -0.0580. The second-order valence-corrected chi connectivity index (χ2v) is 4.77. The van der Waals surface area contributed by atoms with Crippen molar-refractivity contribution in [1.82, 2.24) is 9.97 Å². The Labute approximate surface area is 127 Å². The summed E-state index contributed by atoms with van der Waals surface area (Å²) in [5.41, 5.74) is 0.164. The normalized spacial score (nSPS) is 12.1. The number of hydrogen-bond acceptors (Lipinski definition) is 5. The topological polar surface area (TPSA) is 64.5 Å². The van der Waals surface area contributed by atoms with Crippen LogP contribution in [0.3, 0.4) is 0 Å². The Bertz CT molecular complexity index is 670. The van der Waals surface area contributed by atoms with Gasteiger partial charge in [0.05, 0.1) is 24.9 Å². The van der Waals surface area contributed by atoms with E-state index in [0.29, 0.717) is 0 Å². The summed E-state index contributed by atoms with van der Waals surface area (Å²) in [6.45, 7) is 0. The predicted molar refractivity (Wildman–Crippen MR) is 73.3 cm³/mol. The molecule has 1 N–H and O–H groups in total. The largest absolute Gasteiger partial charge is 0.480 e. The van der Waals surface area contributed by atoms with Gasteiger partial charge in [-0.15, -0.1) is 0 Å². The van der Waals surface area contributed by atoms with Gasteiger partial charge >= 0.3 is 0 Å². The number of rotatable bonds is 4. The summed E-state index contributed by atoms with van der Waals surface area (Å²) in [5.74, 6) is -1.89. The van der Waals surface area contributed by atoms with Crippen LogP contribution in [0.1, 0.15) is 17.4 Å². The van der Waals surface area contributed by atoms with E-state index in [9.17, 15) is 13.9 Å². The smallest absolute Gasteiger partial charge is 0.241 e. The van der Waals surface area contributed by atoms with Crippen molar-refractivity contribution in [1.29, 1.82) is 0 Å². The molecule has 1 aromatic heterocycles. The third kappa shape index (κ3) is 2.96. The lowest BCUT2D eigenvalue weighted by molar-refractivity contribution is 0.205. The monoisotopic (exact) mass is 360 g/mol. The molecule has 0 aliphatic heterocycles. The maximum atomic E-state index is 13.5. The van der Waals surface area contributed by atoms with Crippen molar-refractivity contribution in [3.63, 3.8) is 0 Å². The SMILES string of the molecule is COc1cnc(C(O)c2ccc(F)c(F)c2Br)c(OC)n1. The van der Waals surface area contributed by atoms with E-state index >= 15 is 0 Å². The molecule has 0 aliphatic carbocycles. The molecule has 1 unspecified atom stereocenters. The fourth-order valence-corrected chi connectivity index (χ4v) is 2.24. The molecule has 5 nitrogen and oxygen atoms in total. The van der Waals surface area contributed by atoms with Gasteiger partial charge in [0, 0.05) is 5.56 Å². The van der Waals surface area contributed by atoms with E-state index in [2.05, 4.69) is 25.9 Å². The summed E-state index contributed by atoms with van der Waals surface area (Å²) < 4.78 is 36.4. The highest BCUT2D eigenvalue weighted by Gasteiger charge is 2.24. The quantitative estimate of drug-likeness (QED) is 0.849. The van der Waals surface area contributed by atoms with E-state index < -0.39 is 17.7 Å². The number of hydrogen-bond donors (Lipinski definition) is 1. The number of aromatic nitrogens is 2. The molecule has 2 aromatic rings. The Morgan fingerprint density at radius 1 is 1.24 bits per heavy atom. The van der Waals surface area contributed by atoms with Crippen LogP contribution in [-0.4, -0.2) is 29.3 Å². The minimum Gasteiger partial charge on any atom is -0.480 e. The highest BCUT2D eigenvalue weighted by molar-refractivity contribution is 9.10. The van der Waals surface area contributed by atoms with Crippen LogP contribution in [0.2, 0.25) is 0 Å². The van der Waals surface area contributed by atoms with E-state index in [1.165, 1.54) is 26.5 Å². The molecule has 0 radical (unpaired) electrons. The molecule has 112 valence electrons. The third-order valence-electron chi connectivity index (χ3n) is 2.77. The maximum Gasteiger partial charge on any atom is 0.241 e. The minimum absolute atomic E-state index is 0.0264. The molecule has 0 saturated carbocycles. The fraction of sp³-hybridized carbons (Fsp3) is 0.231. The summed E-state index contributed by atoms with van der Waals surface area (Å²) >= 11 is 2.91. The molecule has 0 spiro atoms. The first kappa shape index (κ1) is 15.6. The molecule has 0 aliphatic rings. The highest BCUT2D eigenvalue weighted by atomic mass is 79.9. The first-order valence-corrected chi connectivity index (χ1v) is 6.55. The lowest BCUT2D eigenvalue weighted by Gasteiger charge is -2.15. The zero-order valence-corrected chi connectivity index (χ0v) is 12.7. The number of benzene rings is 1. The maximum absolute atomic E-state index is 13.5. The zero-order chi connectivity index (χ0) is 15.6. The highest BCUT2D eigenvalue weighted by Crippen LogP contribution is 2.34. The van der Waals surface area contributed by atoms with Gasteiger partial charge in [0.1, 0.15) is 11.8 Å². The van der Waals surface area contributed by atoms with Crippen molar-refractivity contribution in [2.75, 3.05) is 14.2 Å². The Morgan fingerprint density at radius 3 is 2.57 bits per heavy atom. The average molecular weight is 361 g/mol. The van der Waals surface area contributed by atoms with Crippen LogP contribution in [0, 0.1) is 11.6 Å². The Hall–Kier alpha value is -1.80. The number of ether oxygens (including phenoxy) is 2. The molecule has 1 heterocycles. The van der Waals surface area contributed by atoms with Crippen molar-refractivity contribution in [2.24, 2.45) is 0 Å². The molecule has 2 rings (SSSR count). The van der Waals surface area contributed by atoms with Gasteiger partial charge in [0.15, 0.2) is 11.6 Å². The fourth-order valence-electron chi connectivity index (χ4n) is 1.70. The van der Waals surface area contributed by atoms with Crippen LogP contribution in [0.4, 0.5) is 8.78 Å². The molecule has 0 saturated heterocycles. The minimum atomic E-state index is -1.34. The van der Waals surface area contributed by atoms with Crippen LogP contribution in [0.5, 0.6) is 11.8 Å². The zero-order valence-electron chi connectivity index (χ0n) is 11.1. The van der Waals surface area contributed by atoms with Crippen LogP contribution >= 0.6 is 15.9 Å². The van der Waals surface area contributed by atoms with Crippen molar-refractivity contribution in [3.05, 3.63) is 45.7 Å². The Balaban J connectivity index is 2.49. The van der Waals surface area contributed by atoms with Crippen molar-refractivity contribution in [2.45, 2.75) is 6.10 Å².